The first-order chi connectivity index (χ1) is 15.0. The smallest absolute Gasteiger partial charge is 0.332 e. The molecule has 0 radical (unpaired) electrons. The van der Waals surface area contributed by atoms with E-state index in [9.17, 15) is 18.8 Å². The van der Waals surface area contributed by atoms with Crippen LogP contribution in [-0.2, 0) is 16.1 Å². The van der Waals surface area contributed by atoms with Gasteiger partial charge in [-0.05, 0) is 42.7 Å². The summed E-state index contributed by atoms with van der Waals surface area (Å²) < 4.78 is 13.3. The Labute approximate surface area is 181 Å². The number of hydrogen-bond donors (Lipinski definition) is 0. The average molecular weight is 423 g/mol. The SMILES string of the molecule is O=C1CN(c2ccccc2)C(=O)N1CC(=O)N(Cc1ccc(F)cc1)C1CCCCC1. The molecule has 0 atom stereocenters. The molecule has 1 saturated heterocycles. The number of nitrogens with zero attached hydrogens (tertiary/aromatic N) is 3. The molecular weight excluding hydrogens is 397 g/mol. The highest BCUT2D eigenvalue weighted by atomic mass is 19.1. The molecule has 0 spiro atoms. The number of benzene rings is 2. The summed E-state index contributed by atoms with van der Waals surface area (Å²) in [5, 5.41) is 0. The fourth-order valence-corrected chi connectivity index (χ4v) is 4.33. The first-order valence-electron chi connectivity index (χ1n) is 10.7. The molecule has 4 amide bonds. The van der Waals surface area contributed by atoms with Crippen molar-refractivity contribution in [2.24, 2.45) is 0 Å². The summed E-state index contributed by atoms with van der Waals surface area (Å²) >= 11 is 0. The van der Waals surface area contributed by atoms with E-state index in [1.165, 1.54) is 17.0 Å². The Balaban J connectivity index is 1.50. The van der Waals surface area contributed by atoms with Crippen LogP contribution in [0.2, 0.25) is 0 Å². The highest BCUT2D eigenvalue weighted by molar-refractivity contribution is 6.13. The van der Waals surface area contributed by atoms with Crippen LogP contribution >= 0.6 is 0 Å². The maximum Gasteiger partial charge on any atom is 0.332 e. The van der Waals surface area contributed by atoms with E-state index in [0.717, 1.165) is 42.6 Å². The standard InChI is InChI=1S/C24H26FN3O3/c25-19-13-11-18(12-14-19)15-26(20-7-3-1-4-8-20)22(29)17-28-23(30)16-27(24(28)31)21-9-5-2-6-10-21/h2,5-6,9-14,20H,1,3-4,7-8,15-17H2. The molecule has 31 heavy (non-hydrogen) atoms. The minimum atomic E-state index is -0.477. The molecule has 0 aromatic heterocycles. The van der Waals surface area contributed by atoms with Crippen molar-refractivity contribution in [3.63, 3.8) is 0 Å². The van der Waals surface area contributed by atoms with Gasteiger partial charge in [-0.15, -0.1) is 0 Å². The number of hydrogen-bond acceptors (Lipinski definition) is 3. The largest absolute Gasteiger partial charge is 0.334 e. The number of rotatable bonds is 6. The van der Waals surface area contributed by atoms with Gasteiger partial charge in [-0.1, -0.05) is 49.6 Å². The van der Waals surface area contributed by atoms with Gasteiger partial charge < -0.3 is 4.90 Å². The third kappa shape index (κ3) is 4.76. The second kappa shape index (κ2) is 9.29. The summed E-state index contributed by atoms with van der Waals surface area (Å²) in [7, 11) is 0. The van der Waals surface area contributed by atoms with Crippen molar-refractivity contribution in [2.75, 3.05) is 18.0 Å². The number of urea groups is 1. The summed E-state index contributed by atoms with van der Waals surface area (Å²) in [6.07, 6.45) is 5.02. The molecule has 162 valence electrons. The zero-order valence-electron chi connectivity index (χ0n) is 17.4. The number of halogens is 1. The van der Waals surface area contributed by atoms with Gasteiger partial charge >= 0.3 is 6.03 Å². The molecule has 7 heteroatoms. The van der Waals surface area contributed by atoms with Crippen LogP contribution in [-0.4, -0.2) is 46.8 Å². The van der Waals surface area contributed by atoms with Crippen molar-refractivity contribution in [2.45, 2.75) is 44.7 Å². The lowest BCUT2D eigenvalue weighted by molar-refractivity contribution is -0.139. The monoisotopic (exact) mass is 423 g/mol. The molecule has 1 aliphatic heterocycles. The van der Waals surface area contributed by atoms with Gasteiger partial charge in [0, 0.05) is 18.3 Å². The number of imide groups is 1. The fraction of sp³-hybridized carbons (Fsp3) is 0.375. The van der Waals surface area contributed by atoms with Gasteiger partial charge in [0.15, 0.2) is 0 Å². The second-order valence-electron chi connectivity index (χ2n) is 8.12. The predicted octanol–water partition coefficient (Wildman–Crippen LogP) is 3.96. The van der Waals surface area contributed by atoms with Crippen LogP contribution in [0.1, 0.15) is 37.7 Å². The Hall–Kier alpha value is -3.22. The van der Waals surface area contributed by atoms with Gasteiger partial charge in [-0.3, -0.25) is 19.4 Å². The van der Waals surface area contributed by atoms with Crippen LogP contribution in [0.5, 0.6) is 0 Å². The van der Waals surface area contributed by atoms with Crippen molar-refractivity contribution in [3.8, 4) is 0 Å². The third-order valence-electron chi connectivity index (χ3n) is 6.02. The van der Waals surface area contributed by atoms with Crippen molar-refractivity contribution in [3.05, 3.63) is 66.0 Å². The van der Waals surface area contributed by atoms with Gasteiger partial charge in [0.1, 0.15) is 18.9 Å². The van der Waals surface area contributed by atoms with Crippen LogP contribution in [0.4, 0.5) is 14.9 Å². The van der Waals surface area contributed by atoms with Gasteiger partial charge in [0.25, 0.3) is 5.91 Å². The molecule has 0 N–H and O–H groups in total. The molecule has 4 rings (SSSR count). The Morgan fingerprint density at radius 1 is 0.968 bits per heavy atom. The molecule has 1 aliphatic carbocycles. The summed E-state index contributed by atoms with van der Waals surface area (Å²) in [5.74, 6) is -0.964. The van der Waals surface area contributed by atoms with Crippen LogP contribution in [0.25, 0.3) is 0 Å². The molecule has 2 aromatic rings. The summed E-state index contributed by atoms with van der Waals surface area (Å²) in [6, 6.07) is 14.6. The molecule has 1 saturated carbocycles. The first kappa shape index (κ1) is 21.0. The minimum absolute atomic E-state index is 0.0596. The van der Waals surface area contributed by atoms with Gasteiger partial charge in [-0.25, -0.2) is 9.18 Å². The number of amides is 4. The minimum Gasteiger partial charge on any atom is -0.334 e. The number of para-hydroxylation sites is 1. The second-order valence-corrected chi connectivity index (χ2v) is 8.12. The summed E-state index contributed by atoms with van der Waals surface area (Å²) in [5.41, 5.74) is 1.46. The van der Waals surface area contributed by atoms with E-state index in [1.54, 1.807) is 41.3 Å². The van der Waals surface area contributed by atoms with E-state index in [0.29, 0.717) is 12.2 Å². The van der Waals surface area contributed by atoms with E-state index >= 15 is 0 Å². The number of anilines is 1. The van der Waals surface area contributed by atoms with Gasteiger partial charge in [0.05, 0.1) is 0 Å². The highest BCUT2D eigenvalue weighted by Crippen LogP contribution is 2.26. The third-order valence-corrected chi connectivity index (χ3v) is 6.02. The molecule has 0 bridgehead atoms. The van der Waals surface area contributed by atoms with E-state index in [2.05, 4.69) is 0 Å². The number of carbonyl (C=O) groups is 3. The Bertz CT molecular complexity index is 942. The zero-order chi connectivity index (χ0) is 21.8. The molecule has 0 unspecified atom stereocenters. The molecular formula is C24H26FN3O3. The van der Waals surface area contributed by atoms with Crippen molar-refractivity contribution in [1.82, 2.24) is 9.80 Å². The van der Waals surface area contributed by atoms with Gasteiger partial charge in [0.2, 0.25) is 5.91 Å². The molecule has 2 aliphatic rings. The lowest BCUT2D eigenvalue weighted by Gasteiger charge is -2.35. The maximum atomic E-state index is 13.3. The Morgan fingerprint density at radius 3 is 2.32 bits per heavy atom. The molecule has 2 aromatic carbocycles. The predicted molar refractivity (Wildman–Crippen MR) is 115 cm³/mol. The lowest BCUT2D eigenvalue weighted by Crippen LogP contribution is -2.47. The van der Waals surface area contributed by atoms with Crippen LogP contribution in [0.15, 0.2) is 54.6 Å². The van der Waals surface area contributed by atoms with Crippen LogP contribution in [0, 0.1) is 5.82 Å². The fourth-order valence-electron chi connectivity index (χ4n) is 4.33. The van der Waals surface area contributed by atoms with Gasteiger partial charge in [-0.2, -0.15) is 0 Å². The van der Waals surface area contributed by atoms with Crippen molar-refractivity contribution in [1.29, 1.82) is 0 Å². The van der Waals surface area contributed by atoms with E-state index < -0.39 is 6.03 Å². The molecule has 2 fully saturated rings. The number of carbonyl (C=O) groups excluding carboxylic acids is 3. The summed E-state index contributed by atoms with van der Waals surface area (Å²) in [4.78, 5) is 42.9. The zero-order valence-corrected chi connectivity index (χ0v) is 17.4. The molecule has 6 nitrogen and oxygen atoms in total. The topological polar surface area (TPSA) is 60.9 Å². The van der Waals surface area contributed by atoms with E-state index in [1.807, 2.05) is 6.07 Å². The first-order valence-corrected chi connectivity index (χ1v) is 10.7. The van der Waals surface area contributed by atoms with E-state index in [4.69, 9.17) is 0 Å². The highest BCUT2D eigenvalue weighted by Gasteiger charge is 2.39. The average Bonchev–Trinajstić information content (AvgIpc) is 3.08. The van der Waals surface area contributed by atoms with Crippen LogP contribution in [0.3, 0.4) is 0 Å². The van der Waals surface area contributed by atoms with Crippen molar-refractivity contribution >= 4 is 23.5 Å². The maximum absolute atomic E-state index is 13.3. The summed E-state index contributed by atoms with van der Waals surface area (Å²) in [6.45, 7) is -0.0153. The van der Waals surface area contributed by atoms with E-state index in [-0.39, 0.29) is 36.8 Å². The van der Waals surface area contributed by atoms with Crippen molar-refractivity contribution < 1.29 is 18.8 Å². The normalized spacial score (nSPS) is 17.3. The Kier molecular flexibility index (Phi) is 6.30. The molecule has 1 heterocycles. The lowest BCUT2D eigenvalue weighted by atomic mass is 9.93. The quantitative estimate of drug-likeness (QED) is 0.661. The Morgan fingerprint density at radius 2 is 1.65 bits per heavy atom. The van der Waals surface area contributed by atoms with Crippen LogP contribution < -0.4 is 4.90 Å².